The van der Waals surface area contributed by atoms with E-state index in [-0.39, 0.29) is 13.0 Å². The number of nitrogens with one attached hydrogen (secondary N) is 1. The zero-order valence-corrected chi connectivity index (χ0v) is 52.9. The van der Waals surface area contributed by atoms with Crippen molar-refractivity contribution in [1.29, 1.82) is 0 Å². The van der Waals surface area contributed by atoms with Gasteiger partial charge in [0.1, 0.15) is 24.4 Å². The van der Waals surface area contributed by atoms with Crippen molar-refractivity contribution in [2.24, 2.45) is 0 Å². The van der Waals surface area contributed by atoms with E-state index in [1.807, 2.05) is 6.08 Å². The summed E-state index contributed by atoms with van der Waals surface area (Å²) in [5.74, 6) is -1.19. The first kappa shape index (κ1) is 76.9. The minimum atomic E-state index is -1.62. The number of aliphatic hydroxyl groups excluding tert-OH is 5. The predicted octanol–water partition coefficient (Wildman–Crippen LogP) is 17.4. The van der Waals surface area contributed by atoms with E-state index in [4.69, 9.17) is 14.2 Å². The molecule has 1 aliphatic rings. The third-order valence-corrected chi connectivity index (χ3v) is 16.6. The highest BCUT2D eigenvalue weighted by molar-refractivity contribution is 5.80. The van der Waals surface area contributed by atoms with E-state index in [1.54, 1.807) is 6.08 Å². The summed E-state index contributed by atoms with van der Waals surface area (Å²) in [7, 11) is 0. The van der Waals surface area contributed by atoms with Crippen molar-refractivity contribution >= 4 is 11.9 Å². The van der Waals surface area contributed by atoms with Crippen molar-refractivity contribution in [3.8, 4) is 0 Å². The summed E-state index contributed by atoms with van der Waals surface area (Å²) >= 11 is 0. The summed E-state index contributed by atoms with van der Waals surface area (Å²) < 4.78 is 17.7. The fraction of sp³-hybridized carbons (Fsp3) is 0.886. The molecule has 1 aliphatic heterocycles. The van der Waals surface area contributed by atoms with E-state index in [0.29, 0.717) is 19.3 Å². The molecule has 11 heteroatoms. The second-order valence-electron chi connectivity index (χ2n) is 24.3. The lowest BCUT2D eigenvalue weighted by molar-refractivity contribution is -0.305. The lowest BCUT2D eigenvalue weighted by atomic mass is 9.99. The number of allylic oxidation sites excluding steroid dienone is 5. The van der Waals surface area contributed by atoms with Gasteiger partial charge in [0.05, 0.1) is 25.4 Å². The number of ether oxygens (including phenoxy) is 3. The summed E-state index contributed by atoms with van der Waals surface area (Å²) in [6.07, 6.45) is 60.5. The predicted molar refractivity (Wildman–Crippen MR) is 338 cm³/mol. The lowest BCUT2D eigenvalue weighted by Crippen LogP contribution is -2.61. The molecule has 0 aliphatic carbocycles. The van der Waals surface area contributed by atoms with Crippen LogP contribution in [-0.2, 0) is 23.8 Å². The molecule has 1 amide bonds. The van der Waals surface area contributed by atoms with E-state index in [9.17, 15) is 35.1 Å². The molecule has 0 aromatic carbocycles. The third-order valence-electron chi connectivity index (χ3n) is 16.6. The van der Waals surface area contributed by atoms with Crippen molar-refractivity contribution in [2.75, 3.05) is 13.2 Å². The molecule has 476 valence electrons. The molecule has 81 heavy (non-hydrogen) atoms. The Balaban J connectivity index is 2.59. The Hall–Kier alpha value is -2.12. The van der Waals surface area contributed by atoms with Gasteiger partial charge < -0.3 is 45.1 Å². The Bertz CT molecular complexity index is 1460. The first-order valence-corrected chi connectivity index (χ1v) is 34.8. The number of esters is 1. The molecular weight excluding hydrogens is 1010 g/mol. The molecule has 1 fully saturated rings. The number of carbonyl (C=O) groups excluding carboxylic acids is 2. The van der Waals surface area contributed by atoms with Gasteiger partial charge in [0.2, 0.25) is 5.91 Å². The standard InChI is InChI=1S/C70H131NO10/c1-4-7-10-13-16-19-22-25-27-28-29-30-31-32-33-34-35-37-39-42-45-48-51-54-57-63(74)69(78)71-61(62(73)56-53-50-47-44-41-38-24-21-18-15-12-9-6-3)60-79-70-68(67(77)66(76)64(59-72)80-70)81-65(75)58-55-52-49-46-43-40-36-26-23-20-17-14-11-8-5-2/h17,20,23,26,53,56,61-64,66-68,70,72-74,76-77H,4-16,18-19,21-22,24-25,27-52,54-55,57-60H2,1-3H3,(H,71,78)/b20-17+,26-23+,56-53+. The van der Waals surface area contributed by atoms with E-state index in [0.717, 1.165) is 83.5 Å². The van der Waals surface area contributed by atoms with Gasteiger partial charge in [-0.05, 0) is 51.4 Å². The van der Waals surface area contributed by atoms with Crippen LogP contribution < -0.4 is 5.32 Å². The number of carbonyl (C=O) groups is 2. The minimum Gasteiger partial charge on any atom is -0.454 e. The maximum Gasteiger partial charge on any atom is 0.306 e. The lowest BCUT2D eigenvalue weighted by Gasteiger charge is -2.41. The van der Waals surface area contributed by atoms with Crippen molar-refractivity contribution in [3.63, 3.8) is 0 Å². The van der Waals surface area contributed by atoms with Gasteiger partial charge in [0.15, 0.2) is 12.4 Å². The Kier molecular flexibility index (Phi) is 55.3. The van der Waals surface area contributed by atoms with Gasteiger partial charge in [0, 0.05) is 6.42 Å². The maximum absolute atomic E-state index is 13.5. The van der Waals surface area contributed by atoms with Crippen molar-refractivity contribution < 1.29 is 49.3 Å². The molecule has 0 aromatic heterocycles. The summed E-state index contributed by atoms with van der Waals surface area (Å²) in [6, 6.07) is -1.02. The van der Waals surface area contributed by atoms with Gasteiger partial charge in [-0.2, -0.15) is 0 Å². The number of rotatable bonds is 60. The number of unbranched alkanes of at least 4 members (excludes halogenated alkanes) is 43. The van der Waals surface area contributed by atoms with Crippen molar-refractivity contribution in [2.45, 2.75) is 384 Å². The minimum absolute atomic E-state index is 0.113. The van der Waals surface area contributed by atoms with Crippen LogP contribution in [0.3, 0.4) is 0 Å². The second kappa shape index (κ2) is 58.3. The molecular formula is C70H131NO10. The zero-order valence-electron chi connectivity index (χ0n) is 52.9. The Morgan fingerprint density at radius 1 is 0.481 bits per heavy atom. The Labute approximate surface area is 498 Å². The number of amides is 1. The number of hydrogen-bond donors (Lipinski definition) is 6. The summed E-state index contributed by atoms with van der Waals surface area (Å²) in [5.41, 5.74) is 0. The van der Waals surface area contributed by atoms with Crippen molar-refractivity contribution in [1.82, 2.24) is 5.32 Å². The fourth-order valence-corrected chi connectivity index (χ4v) is 11.1. The van der Waals surface area contributed by atoms with E-state index < -0.39 is 67.4 Å². The molecule has 0 saturated carbocycles. The molecule has 0 bridgehead atoms. The van der Waals surface area contributed by atoms with Crippen LogP contribution in [-0.4, -0.2) is 99.6 Å². The highest BCUT2D eigenvalue weighted by Crippen LogP contribution is 2.26. The van der Waals surface area contributed by atoms with Crippen LogP contribution in [0.1, 0.15) is 335 Å². The summed E-state index contributed by atoms with van der Waals surface area (Å²) in [4.78, 5) is 26.6. The van der Waals surface area contributed by atoms with Gasteiger partial charge >= 0.3 is 5.97 Å². The topological polar surface area (TPSA) is 175 Å². The van der Waals surface area contributed by atoms with Crippen LogP contribution in [0.2, 0.25) is 0 Å². The SMILES string of the molecule is CCCCC/C=C/C=C/CCCCCCCCC(=O)OC1C(OCC(NC(=O)C(O)CCCCCCCCCCCCCCCCCCCCCCCCCC)C(O)/C=C/CCCCCCCCCCCCC)OC(CO)C(O)C1O. The van der Waals surface area contributed by atoms with Gasteiger partial charge in [0.25, 0.3) is 0 Å². The van der Waals surface area contributed by atoms with Gasteiger partial charge in [-0.25, -0.2) is 0 Å². The molecule has 8 atom stereocenters. The summed E-state index contributed by atoms with van der Waals surface area (Å²) in [6.45, 7) is 5.80. The van der Waals surface area contributed by atoms with Gasteiger partial charge in [-0.15, -0.1) is 0 Å². The Morgan fingerprint density at radius 2 is 0.840 bits per heavy atom. The monoisotopic (exact) mass is 1150 g/mol. The van der Waals surface area contributed by atoms with Gasteiger partial charge in [-0.3, -0.25) is 9.59 Å². The number of aliphatic hydroxyl groups is 5. The molecule has 1 saturated heterocycles. The average molecular weight is 1150 g/mol. The molecule has 1 rings (SSSR count). The normalized spacial score (nSPS) is 18.8. The Morgan fingerprint density at radius 3 is 1.26 bits per heavy atom. The quantitative estimate of drug-likeness (QED) is 0.0149. The molecule has 0 spiro atoms. The maximum atomic E-state index is 13.5. The molecule has 1 heterocycles. The first-order chi connectivity index (χ1) is 39.7. The van der Waals surface area contributed by atoms with Crippen LogP contribution in [0, 0.1) is 0 Å². The van der Waals surface area contributed by atoms with Crippen LogP contribution >= 0.6 is 0 Å². The zero-order chi connectivity index (χ0) is 58.9. The van der Waals surface area contributed by atoms with Crippen molar-refractivity contribution in [3.05, 3.63) is 36.5 Å². The highest BCUT2D eigenvalue weighted by atomic mass is 16.7. The molecule has 0 radical (unpaired) electrons. The first-order valence-electron chi connectivity index (χ1n) is 34.8. The summed E-state index contributed by atoms with van der Waals surface area (Å²) in [5, 5.41) is 57.2. The van der Waals surface area contributed by atoms with Gasteiger partial charge in [-0.1, -0.05) is 314 Å². The molecule has 6 N–H and O–H groups in total. The fourth-order valence-electron chi connectivity index (χ4n) is 11.1. The van der Waals surface area contributed by atoms with E-state index >= 15 is 0 Å². The smallest absolute Gasteiger partial charge is 0.306 e. The average Bonchev–Trinajstić information content (AvgIpc) is 3.53. The van der Waals surface area contributed by atoms with Crippen LogP contribution in [0.5, 0.6) is 0 Å². The van der Waals surface area contributed by atoms with Crippen LogP contribution in [0.25, 0.3) is 0 Å². The van der Waals surface area contributed by atoms with Crippen LogP contribution in [0.4, 0.5) is 0 Å². The second-order valence-corrected chi connectivity index (χ2v) is 24.3. The number of hydrogen-bond acceptors (Lipinski definition) is 10. The molecule has 8 unspecified atom stereocenters. The highest BCUT2D eigenvalue weighted by Gasteiger charge is 2.47. The molecule has 0 aromatic rings. The van der Waals surface area contributed by atoms with Crippen LogP contribution in [0.15, 0.2) is 36.5 Å². The molecule has 11 nitrogen and oxygen atoms in total. The van der Waals surface area contributed by atoms with E-state index in [1.165, 1.54) is 205 Å². The van der Waals surface area contributed by atoms with E-state index in [2.05, 4.69) is 50.4 Å². The third kappa shape index (κ3) is 45.9. The largest absolute Gasteiger partial charge is 0.454 e.